The van der Waals surface area contributed by atoms with Crippen LogP contribution in [0.5, 0.6) is 0 Å². The number of hydrogen-bond acceptors (Lipinski definition) is 3. The van der Waals surface area contributed by atoms with Crippen molar-refractivity contribution < 1.29 is 0 Å². The topological polar surface area (TPSA) is 24.9 Å². The Morgan fingerprint density at radius 2 is 2.27 bits per heavy atom. The highest BCUT2D eigenvalue weighted by Crippen LogP contribution is 2.33. The second-order valence-corrected chi connectivity index (χ2v) is 5.63. The molecule has 2 unspecified atom stereocenters. The van der Waals surface area contributed by atoms with Crippen molar-refractivity contribution in [2.24, 2.45) is 11.8 Å². The van der Waals surface area contributed by atoms with Crippen LogP contribution in [0.4, 0.5) is 0 Å². The van der Waals surface area contributed by atoms with Gasteiger partial charge >= 0.3 is 0 Å². The van der Waals surface area contributed by atoms with Gasteiger partial charge in [-0.1, -0.05) is 6.42 Å². The maximum Gasteiger partial charge on any atom is 0.0897 e. The third kappa shape index (κ3) is 2.79. The van der Waals surface area contributed by atoms with Crippen molar-refractivity contribution >= 4 is 11.3 Å². The van der Waals surface area contributed by atoms with Crippen molar-refractivity contribution in [2.75, 3.05) is 13.6 Å². The van der Waals surface area contributed by atoms with Crippen LogP contribution < -0.4 is 5.32 Å². The summed E-state index contributed by atoms with van der Waals surface area (Å²) in [6.07, 6.45) is 5.38. The van der Waals surface area contributed by atoms with Crippen LogP contribution in [0.25, 0.3) is 0 Å². The van der Waals surface area contributed by atoms with E-state index in [1.165, 1.54) is 42.9 Å². The molecule has 0 amide bonds. The van der Waals surface area contributed by atoms with Crippen LogP contribution in [0.3, 0.4) is 0 Å². The standard InChI is InChI=1S/C12H20N2S/c1-9-14-12(8-15-9)6-10-4-3-5-11(10)7-13-2/h8,10-11,13H,3-7H2,1-2H3. The normalized spacial score (nSPS) is 26.0. The molecule has 0 radical (unpaired) electrons. The minimum atomic E-state index is 0.860. The third-order valence-corrected chi connectivity index (χ3v) is 4.24. The summed E-state index contributed by atoms with van der Waals surface area (Å²) >= 11 is 1.78. The van der Waals surface area contributed by atoms with Crippen molar-refractivity contribution in [3.05, 3.63) is 16.1 Å². The minimum absolute atomic E-state index is 0.860. The van der Waals surface area contributed by atoms with Crippen LogP contribution >= 0.6 is 11.3 Å². The monoisotopic (exact) mass is 224 g/mol. The zero-order chi connectivity index (χ0) is 10.7. The first kappa shape index (κ1) is 11.1. The minimum Gasteiger partial charge on any atom is -0.319 e. The Bertz CT molecular complexity index is 308. The Balaban J connectivity index is 1.93. The van der Waals surface area contributed by atoms with Gasteiger partial charge in [-0.2, -0.15) is 0 Å². The van der Waals surface area contributed by atoms with Crippen LogP contribution in [0.1, 0.15) is 30.0 Å². The van der Waals surface area contributed by atoms with Crippen LogP contribution in [0, 0.1) is 18.8 Å². The summed E-state index contributed by atoms with van der Waals surface area (Å²) in [6.45, 7) is 3.27. The second-order valence-electron chi connectivity index (χ2n) is 4.57. The fourth-order valence-corrected chi connectivity index (χ4v) is 3.31. The number of thiazole rings is 1. The fraction of sp³-hybridized carbons (Fsp3) is 0.750. The Kier molecular flexibility index (Phi) is 3.76. The van der Waals surface area contributed by atoms with Gasteiger partial charge < -0.3 is 5.32 Å². The highest BCUT2D eigenvalue weighted by atomic mass is 32.1. The predicted octanol–water partition coefficient (Wildman–Crippen LogP) is 2.63. The Morgan fingerprint density at radius 3 is 2.93 bits per heavy atom. The van der Waals surface area contributed by atoms with Crippen LogP contribution in [-0.2, 0) is 6.42 Å². The molecule has 1 fully saturated rings. The molecule has 0 aliphatic heterocycles. The van der Waals surface area contributed by atoms with Gasteiger partial charge in [-0.3, -0.25) is 0 Å². The molecular weight excluding hydrogens is 204 g/mol. The number of aryl methyl sites for hydroxylation is 1. The molecular formula is C12H20N2S. The van der Waals surface area contributed by atoms with E-state index in [4.69, 9.17) is 0 Å². The molecule has 0 aromatic carbocycles. The van der Waals surface area contributed by atoms with Crippen molar-refractivity contribution in [3.63, 3.8) is 0 Å². The van der Waals surface area contributed by atoms with E-state index in [-0.39, 0.29) is 0 Å². The van der Waals surface area contributed by atoms with Crippen molar-refractivity contribution in [2.45, 2.75) is 32.6 Å². The lowest BCUT2D eigenvalue weighted by atomic mass is 9.92. The summed E-state index contributed by atoms with van der Waals surface area (Å²) in [7, 11) is 2.06. The largest absolute Gasteiger partial charge is 0.319 e. The molecule has 84 valence electrons. The van der Waals surface area contributed by atoms with Gasteiger partial charge in [0.1, 0.15) is 0 Å². The van der Waals surface area contributed by atoms with Gasteiger partial charge in [-0.25, -0.2) is 4.98 Å². The van der Waals surface area contributed by atoms with Crippen molar-refractivity contribution in [1.82, 2.24) is 10.3 Å². The van der Waals surface area contributed by atoms with Crippen molar-refractivity contribution in [3.8, 4) is 0 Å². The first-order valence-corrected chi connectivity index (χ1v) is 6.73. The number of nitrogens with zero attached hydrogens (tertiary/aromatic N) is 1. The van der Waals surface area contributed by atoms with E-state index in [1.54, 1.807) is 11.3 Å². The molecule has 0 spiro atoms. The first-order valence-electron chi connectivity index (χ1n) is 5.85. The summed E-state index contributed by atoms with van der Waals surface area (Å²) in [6, 6.07) is 0. The summed E-state index contributed by atoms with van der Waals surface area (Å²) in [5, 5.41) is 6.74. The van der Waals surface area contributed by atoms with Crippen molar-refractivity contribution in [1.29, 1.82) is 0 Å². The average Bonchev–Trinajstić information content (AvgIpc) is 2.78. The van der Waals surface area contributed by atoms with Gasteiger partial charge in [0.25, 0.3) is 0 Å². The molecule has 1 aliphatic carbocycles. The summed E-state index contributed by atoms with van der Waals surface area (Å²) < 4.78 is 0. The van der Waals surface area contributed by atoms with E-state index < -0.39 is 0 Å². The average molecular weight is 224 g/mol. The Morgan fingerprint density at radius 1 is 1.47 bits per heavy atom. The lowest BCUT2D eigenvalue weighted by Crippen LogP contribution is -2.23. The SMILES string of the molecule is CNCC1CCCC1Cc1csc(C)n1. The molecule has 3 heteroatoms. The molecule has 1 saturated carbocycles. The van der Waals surface area contributed by atoms with Gasteiger partial charge in [0.05, 0.1) is 10.7 Å². The molecule has 0 bridgehead atoms. The molecule has 15 heavy (non-hydrogen) atoms. The molecule has 1 heterocycles. The lowest BCUT2D eigenvalue weighted by molar-refractivity contribution is 0.372. The number of rotatable bonds is 4. The van der Waals surface area contributed by atoms with Gasteiger partial charge in [0, 0.05) is 5.38 Å². The van der Waals surface area contributed by atoms with Gasteiger partial charge in [0.15, 0.2) is 0 Å². The second kappa shape index (κ2) is 5.08. The Labute approximate surface area is 96.1 Å². The molecule has 2 atom stereocenters. The Hall–Kier alpha value is -0.410. The number of hydrogen-bond donors (Lipinski definition) is 1. The number of aromatic nitrogens is 1. The van der Waals surface area contributed by atoms with E-state index in [0.717, 1.165) is 11.8 Å². The lowest BCUT2D eigenvalue weighted by Gasteiger charge is -2.18. The molecule has 1 aromatic heterocycles. The quantitative estimate of drug-likeness (QED) is 0.850. The zero-order valence-electron chi connectivity index (χ0n) is 9.62. The summed E-state index contributed by atoms with van der Waals surface area (Å²) in [4.78, 5) is 4.57. The summed E-state index contributed by atoms with van der Waals surface area (Å²) in [5.74, 6) is 1.73. The van der Waals surface area contributed by atoms with E-state index in [9.17, 15) is 0 Å². The van der Waals surface area contributed by atoms with Crippen LogP contribution in [-0.4, -0.2) is 18.6 Å². The molecule has 1 aromatic rings. The highest BCUT2D eigenvalue weighted by Gasteiger charge is 2.27. The summed E-state index contributed by atoms with van der Waals surface area (Å²) in [5.41, 5.74) is 1.31. The molecule has 1 N–H and O–H groups in total. The molecule has 2 nitrogen and oxygen atoms in total. The van der Waals surface area contributed by atoms with E-state index >= 15 is 0 Å². The van der Waals surface area contributed by atoms with E-state index in [2.05, 4.69) is 29.7 Å². The fourth-order valence-electron chi connectivity index (χ4n) is 2.68. The van der Waals surface area contributed by atoms with Gasteiger partial charge in [-0.05, 0) is 51.6 Å². The third-order valence-electron chi connectivity index (χ3n) is 3.42. The maximum atomic E-state index is 4.57. The van der Waals surface area contributed by atoms with Gasteiger partial charge in [0.2, 0.25) is 0 Å². The maximum absolute atomic E-state index is 4.57. The highest BCUT2D eigenvalue weighted by molar-refractivity contribution is 7.09. The molecule has 0 saturated heterocycles. The first-order chi connectivity index (χ1) is 7.29. The van der Waals surface area contributed by atoms with Gasteiger partial charge in [-0.15, -0.1) is 11.3 Å². The number of nitrogens with one attached hydrogen (secondary N) is 1. The molecule has 2 rings (SSSR count). The van der Waals surface area contributed by atoms with E-state index in [0.29, 0.717) is 0 Å². The van der Waals surface area contributed by atoms with Crippen LogP contribution in [0.15, 0.2) is 5.38 Å². The predicted molar refractivity (Wildman–Crippen MR) is 65.3 cm³/mol. The molecule has 1 aliphatic rings. The van der Waals surface area contributed by atoms with E-state index in [1.807, 2.05) is 0 Å². The smallest absolute Gasteiger partial charge is 0.0897 e. The zero-order valence-corrected chi connectivity index (χ0v) is 10.4. The van der Waals surface area contributed by atoms with Crippen LogP contribution in [0.2, 0.25) is 0 Å².